The largest absolute Gasteiger partial charge is 0.573 e. The minimum absolute atomic E-state index is 0.0540. The number of nitrogens with zero attached hydrogens (tertiary/aromatic N) is 3. The van der Waals surface area contributed by atoms with E-state index in [-0.39, 0.29) is 18.0 Å². The van der Waals surface area contributed by atoms with Crippen molar-refractivity contribution in [1.29, 1.82) is 0 Å². The first-order chi connectivity index (χ1) is 14.6. The molecule has 0 bridgehead atoms. The van der Waals surface area contributed by atoms with Crippen LogP contribution in [0.1, 0.15) is 0 Å². The van der Waals surface area contributed by atoms with E-state index >= 15 is 0 Å². The van der Waals surface area contributed by atoms with Crippen molar-refractivity contribution >= 4 is 32.6 Å². The van der Waals surface area contributed by atoms with Gasteiger partial charge in [0.25, 0.3) is 5.91 Å². The van der Waals surface area contributed by atoms with Crippen molar-refractivity contribution in [1.82, 2.24) is 9.88 Å². The smallest absolute Gasteiger partial charge is 0.481 e. The number of fused-ring (bicyclic) bond motifs is 1. The van der Waals surface area contributed by atoms with Crippen LogP contribution in [-0.4, -0.2) is 55.9 Å². The van der Waals surface area contributed by atoms with Gasteiger partial charge in [-0.05, 0) is 38.4 Å². The van der Waals surface area contributed by atoms with Gasteiger partial charge in [0.05, 0.1) is 10.2 Å². The van der Waals surface area contributed by atoms with Crippen molar-refractivity contribution in [2.24, 2.45) is 0 Å². The number of alkyl halides is 3. The molecule has 3 aromatic rings. The third-order valence-corrected chi connectivity index (χ3v) is 5.11. The predicted octanol–water partition coefficient (Wildman–Crippen LogP) is 4.31. The maximum atomic E-state index is 13.8. The minimum atomic E-state index is -4.81. The number of benzene rings is 2. The SMILES string of the molecule is CN(C)CCN(C(=O)COc1ccccc1F)c1nc2ccc(OC(F)(F)F)cc2s1. The Hall–Kier alpha value is -2.92. The van der Waals surface area contributed by atoms with Gasteiger partial charge in [-0.1, -0.05) is 23.5 Å². The van der Waals surface area contributed by atoms with Crippen molar-refractivity contribution in [2.75, 3.05) is 38.7 Å². The van der Waals surface area contributed by atoms with Crippen molar-refractivity contribution in [3.05, 3.63) is 48.3 Å². The van der Waals surface area contributed by atoms with Gasteiger partial charge in [0, 0.05) is 19.2 Å². The van der Waals surface area contributed by atoms with Gasteiger partial charge in [0.1, 0.15) is 5.75 Å². The molecule has 2 aromatic carbocycles. The van der Waals surface area contributed by atoms with Gasteiger partial charge in [-0.15, -0.1) is 13.2 Å². The Labute approximate surface area is 179 Å². The van der Waals surface area contributed by atoms with Crippen molar-refractivity contribution < 1.29 is 31.8 Å². The van der Waals surface area contributed by atoms with Crippen molar-refractivity contribution in [2.45, 2.75) is 6.36 Å². The van der Waals surface area contributed by atoms with Crippen LogP contribution in [0.5, 0.6) is 11.5 Å². The van der Waals surface area contributed by atoms with Crippen molar-refractivity contribution in [3.63, 3.8) is 0 Å². The second-order valence-electron chi connectivity index (χ2n) is 6.74. The van der Waals surface area contributed by atoms with E-state index in [1.807, 2.05) is 19.0 Å². The summed E-state index contributed by atoms with van der Waals surface area (Å²) in [4.78, 5) is 20.4. The van der Waals surface area contributed by atoms with Gasteiger partial charge in [0.2, 0.25) is 0 Å². The van der Waals surface area contributed by atoms with Crippen LogP contribution in [0.2, 0.25) is 0 Å². The lowest BCUT2D eigenvalue weighted by atomic mass is 10.3. The van der Waals surface area contributed by atoms with Gasteiger partial charge >= 0.3 is 6.36 Å². The zero-order valence-corrected chi connectivity index (χ0v) is 17.5. The number of halogens is 4. The van der Waals surface area contributed by atoms with E-state index in [1.54, 1.807) is 6.07 Å². The molecule has 31 heavy (non-hydrogen) atoms. The Morgan fingerprint density at radius 1 is 1.13 bits per heavy atom. The highest BCUT2D eigenvalue weighted by molar-refractivity contribution is 7.22. The Kier molecular flexibility index (Phi) is 6.96. The zero-order valence-electron chi connectivity index (χ0n) is 16.6. The fourth-order valence-corrected chi connectivity index (χ4v) is 3.65. The van der Waals surface area contributed by atoms with Crippen LogP contribution in [0.3, 0.4) is 0 Å². The lowest BCUT2D eigenvalue weighted by molar-refractivity contribution is -0.274. The number of likely N-dealkylation sites (N-methyl/N-ethyl adjacent to an activating group) is 1. The zero-order chi connectivity index (χ0) is 22.6. The molecule has 166 valence electrons. The standard InChI is InChI=1S/C20H19F4N3O3S/c1-26(2)9-10-27(18(28)12-29-16-6-4-3-5-14(16)21)19-25-15-8-7-13(11-17(15)31-19)30-20(22,23)24/h3-8,11H,9-10,12H2,1-2H3. The number of aromatic nitrogens is 1. The number of hydrogen-bond acceptors (Lipinski definition) is 6. The molecule has 6 nitrogen and oxygen atoms in total. The highest BCUT2D eigenvalue weighted by Gasteiger charge is 2.31. The van der Waals surface area contributed by atoms with Crippen LogP contribution < -0.4 is 14.4 Å². The van der Waals surface area contributed by atoms with E-state index < -0.39 is 24.7 Å². The number of anilines is 1. The van der Waals surface area contributed by atoms with Gasteiger partial charge in [-0.3, -0.25) is 9.69 Å². The molecule has 0 atom stereocenters. The first-order valence-corrected chi connectivity index (χ1v) is 9.93. The lowest BCUT2D eigenvalue weighted by Gasteiger charge is -2.22. The monoisotopic (exact) mass is 457 g/mol. The summed E-state index contributed by atoms with van der Waals surface area (Å²) in [6.45, 7) is 0.342. The molecule has 0 saturated carbocycles. The second-order valence-corrected chi connectivity index (χ2v) is 7.75. The molecule has 1 aromatic heterocycles. The maximum Gasteiger partial charge on any atom is 0.573 e. The summed E-state index contributed by atoms with van der Waals surface area (Å²) in [6, 6.07) is 9.48. The third-order valence-electron chi connectivity index (χ3n) is 4.07. The summed E-state index contributed by atoms with van der Waals surface area (Å²) in [6.07, 6.45) is -4.81. The number of rotatable bonds is 8. The molecular formula is C20H19F4N3O3S. The molecule has 0 fully saturated rings. The van der Waals surface area contributed by atoms with Crippen LogP contribution in [0.15, 0.2) is 42.5 Å². The summed E-state index contributed by atoms with van der Waals surface area (Å²) >= 11 is 1.05. The first kappa shape index (κ1) is 22.8. The van der Waals surface area contributed by atoms with E-state index in [9.17, 15) is 22.4 Å². The Morgan fingerprint density at radius 2 is 1.87 bits per heavy atom. The van der Waals surface area contributed by atoms with E-state index in [2.05, 4.69) is 9.72 Å². The molecule has 1 heterocycles. The maximum absolute atomic E-state index is 13.8. The quantitative estimate of drug-likeness (QED) is 0.472. The Balaban J connectivity index is 1.82. The van der Waals surface area contributed by atoms with E-state index in [1.165, 1.54) is 35.2 Å². The van der Waals surface area contributed by atoms with Gasteiger partial charge in [0.15, 0.2) is 23.3 Å². The molecule has 11 heteroatoms. The Morgan fingerprint density at radius 3 is 2.55 bits per heavy atom. The lowest BCUT2D eigenvalue weighted by Crippen LogP contribution is -2.39. The summed E-state index contributed by atoms with van der Waals surface area (Å²) < 4.78 is 60.9. The average molecular weight is 457 g/mol. The molecule has 1 amide bonds. The summed E-state index contributed by atoms with van der Waals surface area (Å²) in [7, 11) is 3.66. The first-order valence-electron chi connectivity index (χ1n) is 9.11. The summed E-state index contributed by atoms with van der Waals surface area (Å²) in [5, 5.41) is 0.295. The molecule has 0 aliphatic heterocycles. The van der Waals surface area contributed by atoms with Crippen LogP contribution in [-0.2, 0) is 4.79 Å². The summed E-state index contributed by atoms with van der Waals surface area (Å²) in [5.41, 5.74) is 0.423. The predicted molar refractivity (Wildman–Crippen MR) is 109 cm³/mol. The number of amides is 1. The Bertz CT molecular complexity index is 1060. The topological polar surface area (TPSA) is 54.9 Å². The number of ether oxygens (including phenoxy) is 2. The molecule has 0 unspecified atom stereocenters. The van der Waals surface area contributed by atoms with Crippen LogP contribution >= 0.6 is 11.3 Å². The van der Waals surface area contributed by atoms with Crippen LogP contribution in [0.25, 0.3) is 10.2 Å². The molecule has 0 N–H and O–H groups in total. The summed E-state index contributed by atoms with van der Waals surface area (Å²) in [5.74, 6) is -1.48. The normalized spacial score (nSPS) is 11.7. The molecule has 0 saturated heterocycles. The minimum Gasteiger partial charge on any atom is -0.481 e. The van der Waals surface area contributed by atoms with Gasteiger partial charge in [-0.25, -0.2) is 9.37 Å². The van der Waals surface area contributed by atoms with Gasteiger partial charge in [-0.2, -0.15) is 0 Å². The molecule has 0 spiro atoms. The molecule has 0 aliphatic rings. The molecule has 0 aliphatic carbocycles. The van der Waals surface area contributed by atoms with Gasteiger partial charge < -0.3 is 14.4 Å². The number of hydrogen-bond donors (Lipinski definition) is 0. The third kappa shape index (κ3) is 6.28. The number of carbonyl (C=O) groups excluding carboxylic acids is 1. The number of carbonyl (C=O) groups is 1. The number of para-hydroxylation sites is 1. The molecule has 3 rings (SSSR count). The highest BCUT2D eigenvalue weighted by atomic mass is 32.1. The van der Waals surface area contributed by atoms with Crippen molar-refractivity contribution in [3.8, 4) is 11.5 Å². The fourth-order valence-electron chi connectivity index (χ4n) is 2.61. The molecular weight excluding hydrogens is 438 g/mol. The van der Waals surface area contributed by atoms with E-state index in [4.69, 9.17) is 4.74 Å². The second kappa shape index (κ2) is 9.48. The van der Waals surface area contributed by atoms with Crippen LogP contribution in [0.4, 0.5) is 22.7 Å². The van der Waals surface area contributed by atoms with E-state index in [0.29, 0.717) is 21.9 Å². The highest BCUT2D eigenvalue weighted by Crippen LogP contribution is 2.33. The van der Waals surface area contributed by atoms with Crippen LogP contribution in [0, 0.1) is 5.82 Å². The molecule has 0 radical (unpaired) electrons. The average Bonchev–Trinajstić information content (AvgIpc) is 3.09. The van der Waals surface area contributed by atoms with E-state index in [0.717, 1.165) is 17.4 Å². The number of thiazole rings is 1. The fraction of sp³-hybridized carbons (Fsp3) is 0.300.